The van der Waals surface area contributed by atoms with Gasteiger partial charge in [0.05, 0.1) is 18.2 Å². The van der Waals surface area contributed by atoms with Crippen LogP contribution in [0.1, 0.15) is 24.7 Å². The van der Waals surface area contributed by atoms with Gasteiger partial charge in [0.15, 0.2) is 0 Å². The molecule has 21 heavy (non-hydrogen) atoms. The molecule has 1 fully saturated rings. The monoisotopic (exact) mass is 312 g/mol. The number of hydrogen-bond acceptors (Lipinski definition) is 4. The standard InChI is InChI=1S/C14H20N2O4S/c1-4-12-16(11(8-21-12)13(17)18)14(19)15(3)7-10-5-6-20-9(10)2/h5-6,11-12H,4,7-8H2,1-3H3,(H,17,18). The zero-order valence-corrected chi connectivity index (χ0v) is 13.2. The lowest BCUT2D eigenvalue weighted by molar-refractivity contribution is -0.141. The van der Waals surface area contributed by atoms with Crippen LogP contribution in [0.25, 0.3) is 0 Å². The van der Waals surface area contributed by atoms with Crippen LogP contribution in [0.4, 0.5) is 4.79 Å². The van der Waals surface area contributed by atoms with Crippen LogP contribution in [0.15, 0.2) is 16.7 Å². The Morgan fingerprint density at radius 1 is 1.57 bits per heavy atom. The number of aliphatic carboxylic acids is 1. The predicted octanol–water partition coefficient (Wildman–Crippen LogP) is 2.38. The third kappa shape index (κ3) is 3.18. The van der Waals surface area contributed by atoms with E-state index in [9.17, 15) is 14.7 Å². The van der Waals surface area contributed by atoms with Gasteiger partial charge in [0.1, 0.15) is 11.8 Å². The van der Waals surface area contributed by atoms with Gasteiger partial charge in [-0.15, -0.1) is 11.8 Å². The van der Waals surface area contributed by atoms with E-state index in [0.29, 0.717) is 12.3 Å². The summed E-state index contributed by atoms with van der Waals surface area (Å²) in [5, 5.41) is 9.21. The number of thioether (sulfide) groups is 1. The maximum atomic E-state index is 12.6. The first-order valence-corrected chi connectivity index (χ1v) is 7.91. The van der Waals surface area contributed by atoms with Crippen molar-refractivity contribution in [2.24, 2.45) is 0 Å². The zero-order chi connectivity index (χ0) is 15.6. The summed E-state index contributed by atoms with van der Waals surface area (Å²) in [4.78, 5) is 27.0. The van der Waals surface area contributed by atoms with Crippen molar-refractivity contribution in [2.45, 2.75) is 38.2 Å². The molecule has 116 valence electrons. The zero-order valence-electron chi connectivity index (χ0n) is 12.4. The molecule has 1 aliphatic rings. The van der Waals surface area contributed by atoms with Crippen LogP contribution in [0.3, 0.4) is 0 Å². The molecule has 1 N–H and O–H groups in total. The average molecular weight is 312 g/mol. The van der Waals surface area contributed by atoms with Gasteiger partial charge in [-0.2, -0.15) is 0 Å². The number of carbonyl (C=O) groups is 2. The van der Waals surface area contributed by atoms with E-state index in [1.165, 1.54) is 16.7 Å². The summed E-state index contributed by atoms with van der Waals surface area (Å²) in [5.41, 5.74) is 0.928. The summed E-state index contributed by atoms with van der Waals surface area (Å²) in [5.74, 6) is 0.269. The van der Waals surface area contributed by atoms with E-state index in [2.05, 4.69) is 0 Å². The summed E-state index contributed by atoms with van der Waals surface area (Å²) < 4.78 is 5.22. The van der Waals surface area contributed by atoms with Crippen molar-refractivity contribution in [2.75, 3.05) is 12.8 Å². The number of rotatable bonds is 4. The van der Waals surface area contributed by atoms with Gasteiger partial charge in [-0.3, -0.25) is 4.90 Å². The van der Waals surface area contributed by atoms with E-state index >= 15 is 0 Å². The van der Waals surface area contributed by atoms with Gasteiger partial charge in [-0.25, -0.2) is 9.59 Å². The van der Waals surface area contributed by atoms with Gasteiger partial charge in [0.25, 0.3) is 0 Å². The molecular weight excluding hydrogens is 292 g/mol. The Morgan fingerprint density at radius 3 is 2.81 bits per heavy atom. The van der Waals surface area contributed by atoms with Gasteiger partial charge >= 0.3 is 12.0 Å². The number of carbonyl (C=O) groups excluding carboxylic acids is 1. The molecule has 2 amide bonds. The summed E-state index contributed by atoms with van der Waals surface area (Å²) in [7, 11) is 1.68. The highest BCUT2D eigenvalue weighted by Gasteiger charge is 2.41. The summed E-state index contributed by atoms with van der Waals surface area (Å²) in [6, 6.07) is 0.823. The molecule has 0 saturated carbocycles. The Balaban J connectivity index is 2.12. The van der Waals surface area contributed by atoms with E-state index < -0.39 is 12.0 Å². The molecule has 0 spiro atoms. The summed E-state index contributed by atoms with van der Waals surface area (Å²) in [6.07, 6.45) is 2.32. The second kappa shape index (κ2) is 6.43. The highest BCUT2D eigenvalue weighted by Crippen LogP contribution is 2.32. The highest BCUT2D eigenvalue weighted by atomic mass is 32.2. The quantitative estimate of drug-likeness (QED) is 0.924. The third-order valence-electron chi connectivity index (χ3n) is 3.65. The minimum Gasteiger partial charge on any atom is -0.480 e. The predicted molar refractivity (Wildman–Crippen MR) is 80.1 cm³/mol. The Labute approximate surface area is 128 Å². The van der Waals surface area contributed by atoms with E-state index in [4.69, 9.17) is 4.42 Å². The number of nitrogens with zero attached hydrogens (tertiary/aromatic N) is 2. The van der Waals surface area contributed by atoms with Crippen LogP contribution in [-0.2, 0) is 11.3 Å². The molecular formula is C14H20N2O4S. The lowest BCUT2D eigenvalue weighted by Gasteiger charge is -2.31. The van der Waals surface area contributed by atoms with E-state index in [1.807, 2.05) is 19.9 Å². The van der Waals surface area contributed by atoms with Gasteiger partial charge in [-0.05, 0) is 19.4 Å². The third-order valence-corrected chi connectivity index (χ3v) is 5.10. The van der Waals surface area contributed by atoms with Crippen molar-refractivity contribution < 1.29 is 19.1 Å². The lowest BCUT2D eigenvalue weighted by Crippen LogP contribution is -2.50. The Kier molecular flexibility index (Phi) is 4.82. The van der Waals surface area contributed by atoms with Gasteiger partial charge in [0, 0.05) is 18.4 Å². The first-order chi connectivity index (χ1) is 9.95. The normalized spacial score (nSPS) is 21.6. The highest BCUT2D eigenvalue weighted by molar-refractivity contribution is 8.00. The smallest absolute Gasteiger partial charge is 0.327 e. The van der Waals surface area contributed by atoms with Crippen molar-refractivity contribution in [3.05, 3.63) is 23.7 Å². The van der Waals surface area contributed by atoms with E-state index in [-0.39, 0.29) is 11.4 Å². The molecule has 6 nitrogen and oxygen atoms in total. The molecule has 0 aliphatic carbocycles. The van der Waals surface area contributed by atoms with Crippen LogP contribution in [0, 0.1) is 6.92 Å². The fourth-order valence-corrected chi connectivity index (χ4v) is 3.76. The Morgan fingerprint density at radius 2 is 2.29 bits per heavy atom. The molecule has 2 atom stereocenters. The maximum absolute atomic E-state index is 12.6. The molecule has 2 rings (SSSR count). The molecule has 0 radical (unpaired) electrons. The summed E-state index contributed by atoms with van der Waals surface area (Å²) in [6.45, 7) is 4.21. The number of aryl methyl sites for hydroxylation is 1. The fourth-order valence-electron chi connectivity index (χ4n) is 2.42. The van der Waals surface area contributed by atoms with Crippen LogP contribution >= 0.6 is 11.8 Å². The van der Waals surface area contributed by atoms with Crippen LogP contribution in [0.5, 0.6) is 0 Å². The lowest BCUT2D eigenvalue weighted by atomic mass is 10.2. The van der Waals surface area contributed by atoms with Crippen molar-refractivity contribution in [3.8, 4) is 0 Å². The van der Waals surface area contributed by atoms with Crippen molar-refractivity contribution in [3.63, 3.8) is 0 Å². The molecule has 2 heterocycles. The van der Waals surface area contributed by atoms with Crippen molar-refractivity contribution in [1.29, 1.82) is 0 Å². The Bertz CT molecular complexity index is 531. The number of urea groups is 1. The SMILES string of the molecule is CCC1SCC(C(=O)O)N1C(=O)N(C)Cc1ccoc1C. The molecule has 1 aliphatic heterocycles. The van der Waals surface area contributed by atoms with E-state index in [0.717, 1.165) is 17.7 Å². The molecule has 2 unspecified atom stereocenters. The number of furan rings is 1. The van der Waals surface area contributed by atoms with E-state index in [1.54, 1.807) is 18.2 Å². The first-order valence-electron chi connectivity index (χ1n) is 6.86. The molecule has 0 bridgehead atoms. The van der Waals surface area contributed by atoms with Crippen LogP contribution in [-0.4, -0.2) is 51.1 Å². The minimum atomic E-state index is -0.945. The van der Waals surface area contributed by atoms with Crippen molar-refractivity contribution >= 4 is 23.8 Å². The largest absolute Gasteiger partial charge is 0.480 e. The fraction of sp³-hybridized carbons (Fsp3) is 0.571. The Hall–Kier alpha value is -1.63. The number of carboxylic acids is 1. The topological polar surface area (TPSA) is 74.0 Å². The molecule has 1 saturated heterocycles. The number of carboxylic acid groups (broad SMARTS) is 1. The van der Waals surface area contributed by atoms with Crippen LogP contribution in [0.2, 0.25) is 0 Å². The van der Waals surface area contributed by atoms with Gasteiger partial charge in [-0.1, -0.05) is 6.92 Å². The molecule has 0 aromatic carbocycles. The second-order valence-electron chi connectivity index (χ2n) is 5.10. The second-order valence-corrected chi connectivity index (χ2v) is 6.31. The van der Waals surface area contributed by atoms with Gasteiger partial charge < -0.3 is 14.4 Å². The molecule has 1 aromatic rings. The minimum absolute atomic E-state index is 0.0773. The number of hydrogen-bond donors (Lipinski definition) is 1. The van der Waals surface area contributed by atoms with Crippen molar-refractivity contribution in [1.82, 2.24) is 9.80 Å². The molecule has 1 aromatic heterocycles. The number of amides is 2. The van der Waals surface area contributed by atoms with Gasteiger partial charge in [0.2, 0.25) is 0 Å². The molecule has 7 heteroatoms. The maximum Gasteiger partial charge on any atom is 0.327 e. The summed E-state index contributed by atoms with van der Waals surface area (Å²) >= 11 is 1.52. The van der Waals surface area contributed by atoms with Crippen LogP contribution < -0.4 is 0 Å². The average Bonchev–Trinajstić information content (AvgIpc) is 3.04. The first kappa shape index (κ1) is 15.8.